The number of pyridine rings is 1. The van der Waals surface area contributed by atoms with Crippen LogP contribution in [0.25, 0.3) is 0 Å². The van der Waals surface area contributed by atoms with E-state index in [0.717, 1.165) is 36.6 Å². The second kappa shape index (κ2) is 16.2. The molecule has 1 unspecified atom stereocenters. The summed E-state index contributed by atoms with van der Waals surface area (Å²) in [5.41, 5.74) is 10.2. The Bertz CT molecular complexity index is 1360. The lowest BCUT2D eigenvalue weighted by atomic mass is 9.95. The number of carbonyl (C=O) groups excluding carboxylic acids is 2. The average Bonchev–Trinajstić information content (AvgIpc) is 3.70. The molecule has 2 aromatic rings. The Morgan fingerprint density at radius 2 is 1.61 bits per heavy atom. The summed E-state index contributed by atoms with van der Waals surface area (Å²) >= 11 is 0. The molecule has 1 aromatic heterocycles. The van der Waals surface area contributed by atoms with E-state index in [0.29, 0.717) is 18.3 Å². The number of nitrogens with one attached hydrogen (secondary N) is 3. The van der Waals surface area contributed by atoms with E-state index >= 15 is 0 Å². The summed E-state index contributed by atoms with van der Waals surface area (Å²) in [6, 6.07) is 11.6. The lowest BCUT2D eigenvalue weighted by molar-refractivity contribution is -0.193. The molecule has 2 amide bonds. The third-order valence-electron chi connectivity index (χ3n) is 6.97. The fourth-order valence-corrected chi connectivity index (χ4v) is 4.40. The summed E-state index contributed by atoms with van der Waals surface area (Å²) in [6.07, 6.45) is -5.80. The Kier molecular flexibility index (Phi) is 13.3. The lowest BCUT2D eigenvalue weighted by Crippen LogP contribution is -2.50. The minimum Gasteiger partial charge on any atom is -0.475 e. The number of alkyl halides is 6. The van der Waals surface area contributed by atoms with Crippen LogP contribution in [0.15, 0.2) is 36.4 Å². The standard InChI is InChI=1S/C25H33N5O2.2C2HF3O2/c1-15-21(8-9-23(26)29-15)14-28-24(31)16(2)30-25(32)22-12-18(13-27-22)10-17-4-3-5-20(11-17)19-6-7-19;2*3-2(4,5)1(6)7/h3-5,8-9,11,16,18-19,22,27H,6-7,10,12-14H2,1-2H3,(H2,26,29)(H,28,31)(H,30,32);2*(H,6,7)/t16?,18-,22+;;/m0../s1. The van der Waals surface area contributed by atoms with Gasteiger partial charge in [0.1, 0.15) is 11.9 Å². The van der Waals surface area contributed by atoms with Crippen molar-refractivity contribution < 1.29 is 55.7 Å². The molecule has 254 valence electrons. The zero-order chi connectivity index (χ0) is 34.8. The molecule has 17 heteroatoms. The van der Waals surface area contributed by atoms with Gasteiger partial charge in [-0.05, 0) is 80.7 Å². The number of benzene rings is 1. The highest BCUT2D eigenvalue weighted by atomic mass is 19.4. The average molecular weight is 664 g/mol. The monoisotopic (exact) mass is 663 g/mol. The summed E-state index contributed by atoms with van der Waals surface area (Å²) < 4.78 is 63.5. The van der Waals surface area contributed by atoms with Gasteiger partial charge in [-0.1, -0.05) is 30.3 Å². The molecule has 0 bridgehead atoms. The smallest absolute Gasteiger partial charge is 0.475 e. The van der Waals surface area contributed by atoms with Gasteiger partial charge in [0, 0.05) is 12.2 Å². The maximum Gasteiger partial charge on any atom is 0.490 e. The van der Waals surface area contributed by atoms with Crippen LogP contribution < -0.4 is 21.7 Å². The predicted molar refractivity (Wildman–Crippen MR) is 152 cm³/mol. The van der Waals surface area contributed by atoms with Gasteiger partial charge in [-0.15, -0.1) is 0 Å². The maximum atomic E-state index is 12.7. The molecule has 1 saturated carbocycles. The van der Waals surface area contributed by atoms with Crippen LogP contribution in [0.2, 0.25) is 0 Å². The first-order valence-corrected chi connectivity index (χ1v) is 14.0. The fraction of sp³-hybridized carbons (Fsp3) is 0.483. The molecular weight excluding hydrogens is 628 g/mol. The van der Waals surface area contributed by atoms with E-state index in [9.17, 15) is 35.9 Å². The molecule has 1 saturated heterocycles. The van der Waals surface area contributed by atoms with Crippen LogP contribution in [0.3, 0.4) is 0 Å². The number of rotatable bonds is 8. The number of aryl methyl sites for hydroxylation is 1. The summed E-state index contributed by atoms with van der Waals surface area (Å²) in [7, 11) is 0. The maximum absolute atomic E-state index is 12.7. The van der Waals surface area contributed by atoms with E-state index in [1.807, 2.05) is 13.0 Å². The van der Waals surface area contributed by atoms with E-state index in [1.54, 1.807) is 13.0 Å². The molecule has 2 aliphatic rings. The second-order valence-corrected chi connectivity index (χ2v) is 10.8. The van der Waals surface area contributed by atoms with Crippen LogP contribution in [-0.2, 0) is 32.1 Å². The van der Waals surface area contributed by atoms with E-state index in [2.05, 4.69) is 45.2 Å². The molecule has 2 fully saturated rings. The van der Waals surface area contributed by atoms with Crippen LogP contribution in [0.4, 0.5) is 32.2 Å². The van der Waals surface area contributed by atoms with Crippen molar-refractivity contribution in [2.45, 2.75) is 76.4 Å². The number of anilines is 1. The van der Waals surface area contributed by atoms with Crippen molar-refractivity contribution in [1.82, 2.24) is 20.9 Å². The Morgan fingerprint density at radius 1 is 1.02 bits per heavy atom. The fourth-order valence-electron chi connectivity index (χ4n) is 4.40. The quantitative estimate of drug-likeness (QED) is 0.230. The summed E-state index contributed by atoms with van der Waals surface area (Å²) in [4.78, 5) is 47.1. The van der Waals surface area contributed by atoms with Crippen molar-refractivity contribution in [3.8, 4) is 0 Å². The number of nitrogens with two attached hydrogens (primary N) is 1. The van der Waals surface area contributed by atoms with Crippen molar-refractivity contribution in [2.75, 3.05) is 12.3 Å². The highest BCUT2D eigenvalue weighted by Crippen LogP contribution is 2.40. The molecule has 46 heavy (non-hydrogen) atoms. The van der Waals surface area contributed by atoms with Crippen LogP contribution in [0.5, 0.6) is 0 Å². The third kappa shape index (κ3) is 12.9. The van der Waals surface area contributed by atoms with Gasteiger partial charge in [0.2, 0.25) is 11.8 Å². The lowest BCUT2D eigenvalue weighted by Gasteiger charge is -2.17. The van der Waals surface area contributed by atoms with Crippen molar-refractivity contribution in [1.29, 1.82) is 0 Å². The SMILES string of the molecule is Cc1nc(N)ccc1CNC(=O)C(C)NC(=O)[C@H]1C[C@H](Cc2cccc(C3CC3)c2)CN1.O=C(O)C(F)(F)F.O=C(O)C(F)(F)F. The number of hydrogen-bond acceptors (Lipinski definition) is 7. The zero-order valence-corrected chi connectivity index (χ0v) is 24.8. The molecule has 3 atom stereocenters. The highest BCUT2D eigenvalue weighted by molar-refractivity contribution is 5.89. The van der Waals surface area contributed by atoms with Crippen LogP contribution >= 0.6 is 0 Å². The second-order valence-electron chi connectivity index (χ2n) is 10.8. The first-order valence-electron chi connectivity index (χ1n) is 14.0. The molecule has 11 nitrogen and oxygen atoms in total. The first kappa shape index (κ1) is 37.8. The van der Waals surface area contributed by atoms with Crippen LogP contribution in [0.1, 0.15) is 54.5 Å². The van der Waals surface area contributed by atoms with Gasteiger partial charge in [-0.25, -0.2) is 14.6 Å². The molecule has 0 radical (unpaired) electrons. The number of nitrogens with zero attached hydrogens (tertiary/aromatic N) is 1. The number of nitrogen functional groups attached to an aromatic ring is 1. The molecule has 1 aliphatic heterocycles. The van der Waals surface area contributed by atoms with Crippen molar-refractivity contribution in [3.63, 3.8) is 0 Å². The third-order valence-corrected chi connectivity index (χ3v) is 6.97. The van der Waals surface area contributed by atoms with Gasteiger partial charge in [0.25, 0.3) is 0 Å². The predicted octanol–water partition coefficient (Wildman–Crippen LogP) is 3.46. The molecule has 1 aliphatic carbocycles. The van der Waals surface area contributed by atoms with Gasteiger partial charge < -0.3 is 31.9 Å². The highest BCUT2D eigenvalue weighted by Gasteiger charge is 2.39. The molecule has 7 N–H and O–H groups in total. The number of carboxylic acid groups (broad SMARTS) is 2. The number of amides is 2. The number of carbonyl (C=O) groups is 4. The molecule has 4 rings (SSSR count). The van der Waals surface area contributed by atoms with E-state index < -0.39 is 30.3 Å². The Balaban J connectivity index is 0.000000440. The van der Waals surface area contributed by atoms with E-state index in [1.165, 1.54) is 24.0 Å². The molecule has 1 aromatic carbocycles. The van der Waals surface area contributed by atoms with Gasteiger partial charge in [0.05, 0.1) is 6.04 Å². The number of carboxylic acids is 2. The zero-order valence-electron chi connectivity index (χ0n) is 24.8. The van der Waals surface area contributed by atoms with Crippen molar-refractivity contribution in [3.05, 3.63) is 58.8 Å². The topological polar surface area (TPSA) is 184 Å². The van der Waals surface area contributed by atoms with E-state index in [4.69, 9.17) is 25.5 Å². The Morgan fingerprint density at radius 3 is 2.13 bits per heavy atom. The largest absolute Gasteiger partial charge is 0.490 e. The van der Waals surface area contributed by atoms with Gasteiger partial charge in [-0.3, -0.25) is 9.59 Å². The van der Waals surface area contributed by atoms with Crippen LogP contribution in [0, 0.1) is 12.8 Å². The molecular formula is C29H35F6N5O6. The minimum atomic E-state index is -5.08. The van der Waals surface area contributed by atoms with Gasteiger partial charge in [0.15, 0.2) is 0 Å². The van der Waals surface area contributed by atoms with Crippen LogP contribution in [-0.4, -0.2) is 69.9 Å². The summed E-state index contributed by atoms with van der Waals surface area (Å²) in [6.45, 7) is 4.72. The van der Waals surface area contributed by atoms with Crippen molar-refractivity contribution >= 4 is 29.6 Å². The van der Waals surface area contributed by atoms with Crippen molar-refractivity contribution in [2.24, 2.45) is 5.92 Å². The van der Waals surface area contributed by atoms with Gasteiger partial charge in [-0.2, -0.15) is 26.3 Å². The Hall–Kier alpha value is -4.41. The van der Waals surface area contributed by atoms with Gasteiger partial charge >= 0.3 is 24.3 Å². The Labute approximate surface area is 259 Å². The van der Waals surface area contributed by atoms with E-state index in [-0.39, 0.29) is 17.9 Å². The summed E-state index contributed by atoms with van der Waals surface area (Å²) in [5, 5.41) is 23.3. The summed E-state index contributed by atoms with van der Waals surface area (Å²) in [5.74, 6) is -4.22. The first-order chi connectivity index (χ1) is 21.3. The number of hydrogen-bond donors (Lipinski definition) is 6. The number of aliphatic carboxylic acids is 2. The molecule has 0 spiro atoms. The normalized spacial score (nSPS) is 18.2. The molecule has 2 heterocycles. The minimum absolute atomic E-state index is 0.118. The number of halogens is 6. The number of aromatic nitrogens is 1.